The average molecular weight is 463 g/mol. The SMILES string of the molecule is C/C=C(C1=C(/C(C)=C/NC2=CC=CCN2)C(=O)NC1=O)\c1ccccc1C.CCCCN(C)C. The van der Waals surface area contributed by atoms with E-state index in [2.05, 4.69) is 41.9 Å². The molecule has 6 nitrogen and oxygen atoms in total. The van der Waals surface area contributed by atoms with Crippen LogP contribution in [0.1, 0.15) is 44.7 Å². The number of carbonyl (C=O) groups excluding carboxylic acids is 2. The van der Waals surface area contributed by atoms with Crippen LogP contribution in [0.3, 0.4) is 0 Å². The number of hydrogen-bond donors (Lipinski definition) is 3. The molecule has 0 aliphatic carbocycles. The van der Waals surface area contributed by atoms with Gasteiger partial charge in [-0.25, -0.2) is 0 Å². The van der Waals surface area contributed by atoms with E-state index in [9.17, 15) is 9.59 Å². The van der Waals surface area contributed by atoms with E-state index >= 15 is 0 Å². The first-order valence-electron chi connectivity index (χ1n) is 11.8. The molecule has 2 amide bonds. The minimum absolute atomic E-state index is 0.364. The number of amides is 2. The van der Waals surface area contributed by atoms with Gasteiger partial charge < -0.3 is 15.5 Å². The lowest BCUT2D eigenvalue weighted by Gasteiger charge is -2.14. The molecule has 0 spiro atoms. The molecule has 0 aromatic heterocycles. The number of unbranched alkanes of at least 4 members (excludes halogenated alkanes) is 1. The van der Waals surface area contributed by atoms with Crippen LogP contribution in [0.25, 0.3) is 5.57 Å². The van der Waals surface area contributed by atoms with Crippen LogP contribution in [-0.4, -0.2) is 43.9 Å². The Morgan fingerprint density at radius 3 is 2.41 bits per heavy atom. The number of dihydropyridines is 1. The first-order chi connectivity index (χ1) is 16.3. The second-order valence-electron chi connectivity index (χ2n) is 8.57. The second-order valence-corrected chi connectivity index (χ2v) is 8.57. The number of nitrogens with one attached hydrogen (secondary N) is 3. The Balaban J connectivity index is 0.000000509. The summed E-state index contributed by atoms with van der Waals surface area (Å²) < 4.78 is 0. The van der Waals surface area contributed by atoms with E-state index in [-0.39, 0.29) is 11.8 Å². The highest BCUT2D eigenvalue weighted by Crippen LogP contribution is 2.33. The lowest BCUT2D eigenvalue weighted by Crippen LogP contribution is -2.25. The van der Waals surface area contributed by atoms with Crippen LogP contribution in [0.5, 0.6) is 0 Å². The molecule has 1 aromatic rings. The minimum atomic E-state index is -0.371. The fourth-order valence-electron chi connectivity index (χ4n) is 3.69. The van der Waals surface area contributed by atoms with Gasteiger partial charge >= 0.3 is 0 Å². The summed E-state index contributed by atoms with van der Waals surface area (Å²) in [6, 6.07) is 7.84. The fraction of sp³-hybridized carbons (Fsp3) is 0.357. The number of carbonyl (C=O) groups is 2. The van der Waals surface area contributed by atoms with Crippen LogP contribution in [-0.2, 0) is 9.59 Å². The Bertz CT molecular complexity index is 1040. The molecule has 0 radical (unpaired) electrons. The second kappa shape index (κ2) is 13.4. The Labute approximate surface area is 204 Å². The summed E-state index contributed by atoms with van der Waals surface area (Å²) in [4.78, 5) is 27.3. The molecule has 6 heteroatoms. The van der Waals surface area contributed by atoms with Crippen LogP contribution < -0.4 is 16.0 Å². The Morgan fingerprint density at radius 1 is 1.15 bits per heavy atom. The van der Waals surface area contributed by atoms with Gasteiger partial charge in [-0.3, -0.25) is 14.9 Å². The third-order valence-corrected chi connectivity index (χ3v) is 5.53. The Hall–Kier alpha value is -3.38. The summed E-state index contributed by atoms with van der Waals surface area (Å²) >= 11 is 0. The van der Waals surface area contributed by atoms with Crippen molar-refractivity contribution in [3.63, 3.8) is 0 Å². The van der Waals surface area contributed by atoms with Gasteiger partial charge in [0.1, 0.15) is 5.82 Å². The maximum Gasteiger partial charge on any atom is 0.259 e. The molecule has 3 rings (SSSR count). The molecule has 0 atom stereocenters. The monoisotopic (exact) mass is 462 g/mol. The number of benzene rings is 1. The average Bonchev–Trinajstić information content (AvgIpc) is 3.12. The van der Waals surface area contributed by atoms with Crippen LogP contribution in [0.4, 0.5) is 0 Å². The molecule has 34 heavy (non-hydrogen) atoms. The topological polar surface area (TPSA) is 73.5 Å². The maximum absolute atomic E-state index is 12.6. The quantitative estimate of drug-likeness (QED) is 0.505. The van der Waals surface area contributed by atoms with Crippen molar-refractivity contribution in [1.29, 1.82) is 0 Å². The Morgan fingerprint density at radius 2 is 1.85 bits per heavy atom. The lowest BCUT2D eigenvalue weighted by molar-refractivity contribution is -0.123. The molecule has 0 saturated heterocycles. The molecule has 0 bridgehead atoms. The molecule has 0 saturated carbocycles. The van der Waals surface area contributed by atoms with Gasteiger partial charge in [0.25, 0.3) is 11.8 Å². The van der Waals surface area contributed by atoms with Gasteiger partial charge in [0.05, 0.1) is 11.1 Å². The molecule has 3 N–H and O–H groups in total. The molecule has 2 aliphatic rings. The summed E-state index contributed by atoms with van der Waals surface area (Å²) in [6.07, 6.45) is 12.1. The van der Waals surface area contributed by atoms with Crippen molar-refractivity contribution in [3.8, 4) is 0 Å². The standard InChI is InChI=1S/C22H23N3O2.C6H15N/c1-4-16(17-10-6-5-9-14(17)2)20-19(21(26)25-22(20)27)15(3)13-24-18-11-7-8-12-23-18;1-4-5-6-7(2)3/h4-11,13,23-24H,12H2,1-3H3,(H,25,26,27);4-6H2,1-3H3/b15-13+,16-4+;. The summed E-state index contributed by atoms with van der Waals surface area (Å²) in [6.45, 7) is 9.88. The zero-order chi connectivity index (χ0) is 25.1. The van der Waals surface area contributed by atoms with Crippen molar-refractivity contribution < 1.29 is 9.59 Å². The molecule has 0 unspecified atom stereocenters. The van der Waals surface area contributed by atoms with Crippen molar-refractivity contribution in [2.24, 2.45) is 0 Å². The van der Waals surface area contributed by atoms with Crippen molar-refractivity contribution in [2.75, 3.05) is 27.2 Å². The molecule has 1 aromatic carbocycles. The fourth-order valence-corrected chi connectivity index (χ4v) is 3.69. The highest BCUT2D eigenvalue weighted by atomic mass is 16.2. The number of hydrogen-bond acceptors (Lipinski definition) is 5. The number of aryl methyl sites for hydroxylation is 1. The van der Waals surface area contributed by atoms with Crippen molar-refractivity contribution >= 4 is 17.4 Å². The molecule has 2 aliphatic heterocycles. The highest BCUT2D eigenvalue weighted by molar-refractivity contribution is 6.28. The highest BCUT2D eigenvalue weighted by Gasteiger charge is 2.33. The zero-order valence-electron chi connectivity index (χ0n) is 21.3. The van der Waals surface area contributed by atoms with E-state index in [1.807, 2.05) is 69.3 Å². The van der Waals surface area contributed by atoms with E-state index in [4.69, 9.17) is 0 Å². The zero-order valence-corrected chi connectivity index (χ0v) is 21.3. The molecule has 182 valence electrons. The van der Waals surface area contributed by atoms with E-state index in [1.54, 1.807) is 6.20 Å². The van der Waals surface area contributed by atoms with Gasteiger partial charge in [-0.15, -0.1) is 0 Å². The van der Waals surface area contributed by atoms with Gasteiger partial charge in [-0.2, -0.15) is 0 Å². The Kier molecular flexibility index (Phi) is 10.6. The smallest absolute Gasteiger partial charge is 0.259 e. The molecule has 0 fully saturated rings. The van der Waals surface area contributed by atoms with Gasteiger partial charge in [-0.05, 0) is 76.2 Å². The van der Waals surface area contributed by atoms with E-state index in [0.29, 0.717) is 16.7 Å². The summed E-state index contributed by atoms with van der Waals surface area (Å²) in [7, 11) is 4.21. The summed E-state index contributed by atoms with van der Waals surface area (Å²) in [5.74, 6) is 0.106. The van der Waals surface area contributed by atoms with Crippen molar-refractivity contribution in [2.45, 2.75) is 40.5 Å². The normalized spacial score (nSPS) is 16.1. The van der Waals surface area contributed by atoms with Crippen molar-refractivity contribution in [3.05, 3.63) is 88.4 Å². The molecular weight excluding hydrogens is 424 g/mol. The number of imide groups is 1. The number of rotatable bonds is 8. The van der Waals surface area contributed by atoms with Crippen LogP contribution >= 0.6 is 0 Å². The molecular formula is C28H38N4O2. The first kappa shape index (κ1) is 26.9. The lowest BCUT2D eigenvalue weighted by atomic mass is 9.90. The largest absolute Gasteiger partial charge is 0.368 e. The van der Waals surface area contributed by atoms with Gasteiger partial charge in [0.2, 0.25) is 0 Å². The first-order valence-corrected chi connectivity index (χ1v) is 11.8. The predicted molar refractivity (Wildman–Crippen MR) is 141 cm³/mol. The van der Waals surface area contributed by atoms with E-state index in [1.165, 1.54) is 19.4 Å². The minimum Gasteiger partial charge on any atom is -0.368 e. The van der Waals surface area contributed by atoms with E-state index in [0.717, 1.165) is 29.1 Å². The van der Waals surface area contributed by atoms with Gasteiger partial charge in [0.15, 0.2) is 0 Å². The predicted octanol–water partition coefficient (Wildman–Crippen LogP) is 4.19. The van der Waals surface area contributed by atoms with Gasteiger partial charge in [-0.1, -0.05) is 55.8 Å². The van der Waals surface area contributed by atoms with Crippen LogP contribution in [0.2, 0.25) is 0 Å². The van der Waals surface area contributed by atoms with Crippen LogP contribution in [0.15, 0.2) is 77.3 Å². The number of nitrogens with zero attached hydrogens (tertiary/aromatic N) is 1. The van der Waals surface area contributed by atoms with Gasteiger partial charge in [0, 0.05) is 12.7 Å². The maximum atomic E-state index is 12.6. The van der Waals surface area contributed by atoms with E-state index < -0.39 is 0 Å². The van der Waals surface area contributed by atoms with Crippen LogP contribution in [0, 0.1) is 6.92 Å². The van der Waals surface area contributed by atoms with Crippen molar-refractivity contribution in [1.82, 2.24) is 20.9 Å². The number of allylic oxidation sites excluding steroid dienone is 3. The third kappa shape index (κ3) is 7.32. The third-order valence-electron chi connectivity index (χ3n) is 5.53. The molecule has 2 heterocycles. The summed E-state index contributed by atoms with van der Waals surface area (Å²) in [5, 5.41) is 8.78. The summed E-state index contributed by atoms with van der Waals surface area (Å²) in [5.41, 5.74) is 4.26.